The first-order valence-electron chi connectivity index (χ1n) is 4.86. The first-order valence-corrected chi connectivity index (χ1v) is 4.86. The number of aromatic amines is 2. The van der Waals surface area contributed by atoms with Crippen molar-refractivity contribution in [3.05, 3.63) is 29.9 Å². The van der Waals surface area contributed by atoms with Crippen molar-refractivity contribution < 1.29 is 4.79 Å². The first-order chi connectivity index (χ1) is 7.66. The van der Waals surface area contributed by atoms with Crippen LogP contribution in [-0.4, -0.2) is 31.1 Å². The van der Waals surface area contributed by atoms with E-state index >= 15 is 0 Å². The Hall–Kier alpha value is -2.18. The molecule has 0 aliphatic rings. The lowest BCUT2D eigenvalue weighted by atomic mass is 10.3. The fraction of sp³-hybridized carbons (Fsp3) is 0.333. The average Bonchev–Trinajstić information content (AvgIpc) is 2.87. The van der Waals surface area contributed by atoms with Crippen molar-refractivity contribution in [3.8, 4) is 0 Å². The van der Waals surface area contributed by atoms with Crippen LogP contribution < -0.4 is 5.32 Å². The maximum absolute atomic E-state index is 11.7. The molecule has 2 heterocycles. The summed E-state index contributed by atoms with van der Waals surface area (Å²) >= 11 is 0. The van der Waals surface area contributed by atoms with Crippen LogP contribution in [0.25, 0.3) is 0 Å². The van der Waals surface area contributed by atoms with E-state index in [1.165, 1.54) is 0 Å². The van der Waals surface area contributed by atoms with Crippen LogP contribution in [0, 0.1) is 6.92 Å². The molecule has 0 bridgehead atoms. The van der Waals surface area contributed by atoms with Gasteiger partial charge >= 0.3 is 0 Å². The predicted molar refractivity (Wildman–Crippen MR) is 55.6 cm³/mol. The van der Waals surface area contributed by atoms with Crippen LogP contribution in [0.4, 0.5) is 0 Å². The number of H-pyrrole nitrogens is 2. The highest BCUT2D eigenvalue weighted by molar-refractivity contribution is 5.90. The lowest BCUT2D eigenvalue weighted by Crippen LogP contribution is -2.28. The molecule has 0 radical (unpaired) electrons. The minimum absolute atomic E-state index is 0.135. The number of aromatic nitrogens is 5. The highest BCUT2D eigenvalue weighted by Gasteiger charge is 2.16. The molecule has 3 N–H and O–H groups in total. The fourth-order valence-electron chi connectivity index (χ4n) is 1.29. The fourth-order valence-corrected chi connectivity index (χ4v) is 1.29. The molecule has 0 saturated heterocycles. The molecule has 0 aliphatic carbocycles. The predicted octanol–water partition coefficient (Wildman–Crippen LogP) is 0.327. The van der Waals surface area contributed by atoms with Gasteiger partial charge in [0.1, 0.15) is 11.6 Å². The van der Waals surface area contributed by atoms with Gasteiger partial charge in [0, 0.05) is 12.4 Å². The van der Waals surface area contributed by atoms with Gasteiger partial charge in [0.15, 0.2) is 0 Å². The molecule has 2 rings (SSSR count). The van der Waals surface area contributed by atoms with E-state index in [9.17, 15) is 4.79 Å². The van der Waals surface area contributed by atoms with Crippen LogP contribution in [0.3, 0.4) is 0 Å². The Bertz CT molecular complexity index is 474. The van der Waals surface area contributed by atoms with Crippen molar-refractivity contribution in [3.63, 3.8) is 0 Å². The second-order valence-corrected chi connectivity index (χ2v) is 3.41. The summed E-state index contributed by atoms with van der Waals surface area (Å²) in [6, 6.07) is -0.207. The van der Waals surface area contributed by atoms with Crippen LogP contribution in [0.2, 0.25) is 0 Å². The summed E-state index contributed by atoms with van der Waals surface area (Å²) in [6.45, 7) is 3.57. The summed E-state index contributed by atoms with van der Waals surface area (Å²) in [4.78, 5) is 22.6. The summed E-state index contributed by atoms with van der Waals surface area (Å²) in [5.41, 5.74) is 0. The number of nitrogens with zero attached hydrogens (tertiary/aromatic N) is 3. The Kier molecular flexibility index (Phi) is 2.67. The maximum atomic E-state index is 11.7. The summed E-state index contributed by atoms with van der Waals surface area (Å²) in [5.74, 6) is 1.11. The van der Waals surface area contributed by atoms with E-state index in [0.29, 0.717) is 11.6 Å². The van der Waals surface area contributed by atoms with Crippen molar-refractivity contribution in [1.29, 1.82) is 0 Å². The quantitative estimate of drug-likeness (QED) is 0.693. The normalized spacial score (nSPS) is 12.4. The minimum Gasteiger partial charge on any atom is -0.347 e. The average molecular weight is 220 g/mol. The van der Waals surface area contributed by atoms with Crippen molar-refractivity contribution in [2.45, 2.75) is 19.9 Å². The van der Waals surface area contributed by atoms with Crippen LogP contribution >= 0.6 is 0 Å². The Labute approximate surface area is 91.7 Å². The van der Waals surface area contributed by atoms with Gasteiger partial charge in [-0.1, -0.05) is 0 Å². The number of imidazole rings is 1. The molecular weight excluding hydrogens is 208 g/mol. The van der Waals surface area contributed by atoms with Gasteiger partial charge in [-0.25, -0.2) is 9.97 Å². The third-order valence-electron chi connectivity index (χ3n) is 2.08. The van der Waals surface area contributed by atoms with E-state index in [1.54, 1.807) is 19.3 Å². The number of hydrogen-bond donors (Lipinski definition) is 3. The number of nitrogens with one attached hydrogen (secondary N) is 3. The number of carbonyl (C=O) groups excluding carboxylic acids is 1. The SMILES string of the molecule is Cc1nc(C(=O)NC(C)c2ncc[nH]2)n[nH]1. The van der Waals surface area contributed by atoms with Gasteiger partial charge in [0.05, 0.1) is 6.04 Å². The molecule has 1 unspecified atom stereocenters. The van der Waals surface area contributed by atoms with Gasteiger partial charge in [0.25, 0.3) is 5.91 Å². The molecule has 2 aromatic rings. The van der Waals surface area contributed by atoms with Crippen LogP contribution in [0.1, 0.15) is 35.2 Å². The van der Waals surface area contributed by atoms with Crippen molar-refractivity contribution in [1.82, 2.24) is 30.5 Å². The molecule has 0 aliphatic heterocycles. The molecule has 0 fully saturated rings. The van der Waals surface area contributed by atoms with E-state index in [-0.39, 0.29) is 17.8 Å². The summed E-state index contributed by atoms with van der Waals surface area (Å²) < 4.78 is 0. The highest BCUT2D eigenvalue weighted by atomic mass is 16.2. The zero-order valence-electron chi connectivity index (χ0n) is 8.98. The molecule has 2 aromatic heterocycles. The Morgan fingerprint density at radius 2 is 2.38 bits per heavy atom. The zero-order chi connectivity index (χ0) is 11.5. The lowest BCUT2D eigenvalue weighted by molar-refractivity contribution is 0.0928. The summed E-state index contributed by atoms with van der Waals surface area (Å²) in [6.07, 6.45) is 3.34. The monoisotopic (exact) mass is 220 g/mol. The van der Waals surface area contributed by atoms with Gasteiger partial charge in [-0.3, -0.25) is 9.89 Å². The number of aryl methyl sites for hydroxylation is 1. The standard InChI is InChI=1S/C9H12N6O/c1-5(7-10-3-4-11-7)12-9(16)8-13-6(2)14-15-8/h3-5H,1-2H3,(H,10,11)(H,12,16)(H,13,14,15). The van der Waals surface area contributed by atoms with Crippen molar-refractivity contribution in [2.75, 3.05) is 0 Å². The molecular formula is C9H12N6O. The van der Waals surface area contributed by atoms with Crippen LogP contribution in [-0.2, 0) is 0 Å². The number of rotatable bonds is 3. The van der Waals surface area contributed by atoms with E-state index < -0.39 is 0 Å². The number of amides is 1. The second-order valence-electron chi connectivity index (χ2n) is 3.41. The first kappa shape index (κ1) is 10.3. The van der Waals surface area contributed by atoms with Gasteiger partial charge in [-0.2, -0.15) is 0 Å². The summed E-state index contributed by atoms with van der Waals surface area (Å²) in [7, 11) is 0. The topological polar surface area (TPSA) is 99.3 Å². The van der Waals surface area contributed by atoms with Crippen molar-refractivity contribution >= 4 is 5.91 Å². The largest absolute Gasteiger partial charge is 0.347 e. The molecule has 7 heteroatoms. The third-order valence-corrected chi connectivity index (χ3v) is 2.08. The lowest BCUT2D eigenvalue weighted by Gasteiger charge is -2.09. The van der Waals surface area contributed by atoms with Crippen molar-refractivity contribution in [2.24, 2.45) is 0 Å². The van der Waals surface area contributed by atoms with Crippen LogP contribution in [0.15, 0.2) is 12.4 Å². The van der Waals surface area contributed by atoms with Gasteiger partial charge in [-0.15, -0.1) is 5.10 Å². The zero-order valence-corrected chi connectivity index (χ0v) is 8.98. The minimum atomic E-state index is -0.326. The molecule has 0 saturated carbocycles. The van der Waals surface area contributed by atoms with E-state index in [1.807, 2.05) is 6.92 Å². The van der Waals surface area contributed by atoms with E-state index in [0.717, 1.165) is 0 Å². The van der Waals surface area contributed by atoms with Crippen LogP contribution in [0.5, 0.6) is 0 Å². The maximum Gasteiger partial charge on any atom is 0.291 e. The molecule has 7 nitrogen and oxygen atoms in total. The van der Waals surface area contributed by atoms with Gasteiger partial charge in [0.2, 0.25) is 5.82 Å². The van der Waals surface area contributed by atoms with E-state index in [2.05, 4.69) is 30.5 Å². The third kappa shape index (κ3) is 2.08. The smallest absolute Gasteiger partial charge is 0.291 e. The Morgan fingerprint density at radius 1 is 1.56 bits per heavy atom. The molecule has 84 valence electrons. The van der Waals surface area contributed by atoms with E-state index in [4.69, 9.17) is 0 Å². The molecule has 0 aromatic carbocycles. The number of hydrogen-bond acceptors (Lipinski definition) is 4. The Balaban J connectivity index is 2.03. The molecule has 16 heavy (non-hydrogen) atoms. The molecule has 1 amide bonds. The molecule has 0 spiro atoms. The summed E-state index contributed by atoms with van der Waals surface area (Å²) in [5, 5.41) is 9.12. The molecule has 1 atom stereocenters. The Morgan fingerprint density at radius 3 is 2.94 bits per heavy atom. The van der Waals surface area contributed by atoms with Gasteiger partial charge < -0.3 is 10.3 Å². The number of carbonyl (C=O) groups is 1. The van der Waals surface area contributed by atoms with Gasteiger partial charge in [-0.05, 0) is 13.8 Å². The highest BCUT2D eigenvalue weighted by Crippen LogP contribution is 2.05. The second kappa shape index (κ2) is 4.13.